The van der Waals surface area contributed by atoms with Crippen LogP contribution in [0.5, 0.6) is 5.75 Å². The van der Waals surface area contributed by atoms with E-state index in [1.165, 1.54) is 30.3 Å². The van der Waals surface area contributed by atoms with Gasteiger partial charge in [0.1, 0.15) is 11.7 Å². The zero-order chi connectivity index (χ0) is 13.0. The summed E-state index contributed by atoms with van der Waals surface area (Å²) < 4.78 is 0. The number of phenolic OH excluding ortho intramolecular Hbond substituents is 1. The quantitative estimate of drug-likeness (QED) is 0.709. The molecule has 0 amide bonds. The fraction of sp³-hybridized carbons (Fsp3) is 0.182. The van der Waals surface area contributed by atoms with Gasteiger partial charge in [-0.05, 0) is 17.7 Å². The third-order valence-corrected chi connectivity index (χ3v) is 2.26. The molecule has 2 unspecified atom stereocenters. The molecule has 3 N–H and O–H groups in total. The summed E-state index contributed by atoms with van der Waals surface area (Å²) in [7, 11) is 0. The number of hydrogen-bond acceptors (Lipinski definition) is 4. The smallest absolute Gasteiger partial charge is 0.322 e. The number of nitriles is 1. The molecule has 2 atom stereocenters. The maximum atomic E-state index is 11.0. The molecule has 0 fully saturated rings. The predicted molar refractivity (Wildman–Crippen MR) is 55.2 cm³/mol. The largest absolute Gasteiger partial charge is 0.508 e. The first-order chi connectivity index (χ1) is 7.97. The average molecular weight is 235 g/mol. The zero-order valence-corrected chi connectivity index (χ0v) is 8.57. The summed E-state index contributed by atoms with van der Waals surface area (Å²) in [5, 5.41) is 35.5. The van der Waals surface area contributed by atoms with Crippen molar-refractivity contribution in [1.82, 2.24) is 0 Å². The summed E-state index contributed by atoms with van der Waals surface area (Å²) in [6.07, 6.45) is 0. The van der Waals surface area contributed by atoms with Gasteiger partial charge in [-0.1, -0.05) is 12.1 Å². The van der Waals surface area contributed by atoms with Crippen molar-refractivity contribution in [3.63, 3.8) is 0 Å². The van der Waals surface area contributed by atoms with E-state index in [4.69, 9.17) is 20.6 Å². The number of benzene rings is 1. The number of carboxylic acids is 2. The molecule has 0 heterocycles. The number of aliphatic carboxylic acids is 2. The Bertz CT molecular complexity index is 474. The zero-order valence-electron chi connectivity index (χ0n) is 8.57. The lowest BCUT2D eigenvalue weighted by molar-refractivity contribution is -0.148. The second kappa shape index (κ2) is 4.99. The van der Waals surface area contributed by atoms with Crippen molar-refractivity contribution in [3.05, 3.63) is 29.8 Å². The summed E-state index contributed by atoms with van der Waals surface area (Å²) in [5.41, 5.74) is 0.157. The number of carboxylic acid groups (broad SMARTS) is 2. The predicted octanol–water partition coefficient (Wildman–Crippen LogP) is 0.785. The number of carbonyl (C=O) groups is 2. The minimum absolute atomic E-state index is 0.0679. The number of nitrogens with zero attached hydrogens (tertiary/aromatic N) is 1. The Hall–Kier alpha value is -2.55. The van der Waals surface area contributed by atoms with Crippen LogP contribution in [0.3, 0.4) is 0 Å². The van der Waals surface area contributed by atoms with E-state index in [1.54, 1.807) is 0 Å². The minimum Gasteiger partial charge on any atom is -0.508 e. The lowest BCUT2D eigenvalue weighted by Gasteiger charge is -2.14. The molecule has 1 aromatic carbocycles. The number of hydrogen-bond donors (Lipinski definition) is 3. The van der Waals surface area contributed by atoms with Gasteiger partial charge >= 0.3 is 11.9 Å². The van der Waals surface area contributed by atoms with Crippen LogP contribution in [0.4, 0.5) is 0 Å². The van der Waals surface area contributed by atoms with E-state index < -0.39 is 23.8 Å². The molecule has 0 aliphatic carbocycles. The molecule has 0 radical (unpaired) electrons. The van der Waals surface area contributed by atoms with Gasteiger partial charge in [0.15, 0.2) is 5.92 Å². The average Bonchev–Trinajstić information content (AvgIpc) is 2.26. The highest BCUT2D eigenvalue weighted by molar-refractivity contribution is 5.86. The Kier molecular flexibility index (Phi) is 3.67. The van der Waals surface area contributed by atoms with Crippen molar-refractivity contribution < 1.29 is 24.9 Å². The van der Waals surface area contributed by atoms with Crippen molar-refractivity contribution in [2.75, 3.05) is 0 Å². The maximum Gasteiger partial charge on any atom is 0.322 e. The van der Waals surface area contributed by atoms with Gasteiger partial charge in [0.2, 0.25) is 0 Å². The SMILES string of the molecule is N#CC(C(=O)O)C(C(=O)O)c1ccc(O)cc1. The van der Waals surface area contributed by atoms with E-state index in [0.717, 1.165) is 0 Å². The van der Waals surface area contributed by atoms with E-state index in [1.807, 2.05) is 0 Å². The second-order valence-electron chi connectivity index (χ2n) is 3.35. The van der Waals surface area contributed by atoms with Gasteiger partial charge in [0.05, 0.1) is 6.07 Å². The topological polar surface area (TPSA) is 119 Å². The molecular weight excluding hydrogens is 226 g/mol. The van der Waals surface area contributed by atoms with E-state index in [9.17, 15) is 9.59 Å². The van der Waals surface area contributed by atoms with Gasteiger partial charge in [0, 0.05) is 0 Å². The molecule has 0 aromatic heterocycles. The Morgan fingerprint density at radius 1 is 1.12 bits per heavy atom. The Balaban J connectivity index is 3.18. The summed E-state index contributed by atoms with van der Waals surface area (Å²) in [5.74, 6) is -6.09. The van der Waals surface area contributed by atoms with Crippen LogP contribution in [0.15, 0.2) is 24.3 Å². The van der Waals surface area contributed by atoms with Crippen molar-refractivity contribution >= 4 is 11.9 Å². The van der Waals surface area contributed by atoms with Crippen molar-refractivity contribution in [2.45, 2.75) is 5.92 Å². The van der Waals surface area contributed by atoms with Gasteiger partial charge < -0.3 is 15.3 Å². The first-order valence-electron chi connectivity index (χ1n) is 4.61. The van der Waals surface area contributed by atoms with Crippen molar-refractivity contribution in [2.24, 2.45) is 5.92 Å². The van der Waals surface area contributed by atoms with Crippen LogP contribution in [0.1, 0.15) is 11.5 Å². The fourth-order valence-corrected chi connectivity index (χ4v) is 1.43. The fourth-order valence-electron chi connectivity index (χ4n) is 1.43. The molecule has 1 rings (SSSR count). The molecule has 88 valence electrons. The number of aromatic hydroxyl groups is 1. The van der Waals surface area contributed by atoms with Gasteiger partial charge in [-0.2, -0.15) is 5.26 Å². The number of phenols is 1. The highest BCUT2D eigenvalue weighted by Gasteiger charge is 2.35. The third-order valence-electron chi connectivity index (χ3n) is 2.26. The normalized spacial score (nSPS) is 13.4. The molecule has 0 spiro atoms. The molecule has 0 aliphatic rings. The van der Waals surface area contributed by atoms with Crippen LogP contribution in [-0.2, 0) is 9.59 Å². The third kappa shape index (κ3) is 2.72. The molecule has 6 heteroatoms. The first-order valence-corrected chi connectivity index (χ1v) is 4.61. The van der Waals surface area contributed by atoms with Crippen LogP contribution in [0.25, 0.3) is 0 Å². The molecule has 6 nitrogen and oxygen atoms in total. The summed E-state index contributed by atoms with van der Waals surface area (Å²) in [4.78, 5) is 21.8. The second-order valence-corrected chi connectivity index (χ2v) is 3.35. The lowest BCUT2D eigenvalue weighted by atomic mass is 9.87. The summed E-state index contributed by atoms with van der Waals surface area (Å²) >= 11 is 0. The van der Waals surface area contributed by atoms with Crippen LogP contribution < -0.4 is 0 Å². The van der Waals surface area contributed by atoms with Crippen molar-refractivity contribution in [3.8, 4) is 11.8 Å². The van der Waals surface area contributed by atoms with E-state index in [0.29, 0.717) is 0 Å². The molecule has 17 heavy (non-hydrogen) atoms. The van der Waals surface area contributed by atoms with Gasteiger partial charge in [-0.3, -0.25) is 9.59 Å². The standard InChI is InChI=1S/C11H9NO5/c12-5-8(10(14)15)9(11(16)17)6-1-3-7(13)4-2-6/h1-4,8-9,13H,(H,14,15)(H,16,17). The summed E-state index contributed by atoms with van der Waals surface area (Å²) in [6, 6.07) is 6.49. The van der Waals surface area contributed by atoms with Crippen LogP contribution in [0.2, 0.25) is 0 Å². The van der Waals surface area contributed by atoms with E-state index in [2.05, 4.69) is 0 Å². The van der Waals surface area contributed by atoms with Gasteiger partial charge in [0.25, 0.3) is 0 Å². The minimum atomic E-state index is -1.67. The van der Waals surface area contributed by atoms with E-state index in [-0.39, 0.29) is 11.3 Å². The number of rotatable bonds is 4. The maximum absolute atomic E-state index is 11.0. The lowest BCUT2D eigenvalue weighted by Crippen LogP contribution is -2.26. The first kappa shape index (κ1) is 12.5. The molecule has 0 saturated carbocycles. The Morgan fingerprint density at radius 2 is 1.65 bits per heavy atom. The van der Waals surface area contributed by atoms with E-state index >= 15 is 0 Å². The van der Waals surface area contributed by atoms with Gasteiger partial charge in [-0.15, -0.1) is 0 Å². The monoisotopic (exact) mass is 235 g/mol. The summed E-state index contributed by atoms with van der Waals surface area (Å²) in [6.45, 7) is 0. The van der Waals surface area contributed by atoms with Crippen molar-refractivity contribution in [1.29, 1.82) is 5.26 Å². The Labute approximate surface area is 96.4 Å². The molecule has 0 aliphatic heterocycles. The Morgan fingerprint density at radius 3 is 2.00 bits per heavy atom. The molecule has 0 saturated heterocycles. The van der Waals surface area contributed by atoms with Crippen LogP contribution in [0, 0.1) is 17.2 Å². The highest BCUT2D eigenvalue weighted by atomic mass is 16.4. The molecule has 0 bridgehead atoms. The van der Waals surface area contributed by atoms with Crippen LogP contribution >= 0.6 is 0 Å². The highest BCUT2D eigenvalue weighted by Crippen LogP contribution is 2.26. The molecule has 1 aromatic rings. The van der Waals surface area contributed by atoms with Gasteiger partial charge in [-0.25, -0.2) is 0 Å². The van der Waals surface area contributed by atoms with Crippen LogP contribution in [-0.4, -0.2) is 27.3 Å². The molecular formula is C11H9NO5.